The Morgan fingerprint density at radius 2 is 1.37 bits per heavy atom. The van der Waals surface area contributed by atoms with Gasteiger partial charge in [-0.25, -0.2) is 13.2 Å². The first kappa shape index (κ1) is 13.2. The molecule has 0 heterocycles. The van der Waals surface area contributed by atoms with E-state index in [1.54, 1.807) is 37.5 Å². The highest BCUT2D eigenvalue weighted by Crippen LogP contribution is 2.17. The number of hydrogen-bond acceptors (Lipinski definition) is 1. The van der Waals surface area contributed by atoms with Gasteiger partial charge in [0.05, 0.1) is 7.11 Å². The predicted octanol–water partition coefficient (Wildman–Crippen LogP) is 4.28. The van der Waals surface area contributed by atoms with Gasteiger partial charge in [0.15, 0.2) is 17.5 Å². The summed E-state index contributed by atoms with van der Waals surface area (Å²) in [5, 5.41) is 0. The molecule has 19 heavy (non-hydrogen) atoms. The zero-order valence-electron chi connectivity index (χ0n) is 10.2. The van der Waals surface area contributed by atoms with Gasteiger partial charge in [0.1, 0.15) is 5.75 Å². The van der Waals surface area contributed by atoms with Crippen molar-refractivity contribution in [2.24, 2.45) is 0 Å². The minimum absolute atomic E-state index is 0.257. The molecule has 1 nitrogen and oxygen atoms in total. The minimum atomic E-state index is -1.46. The summed E-state index contributed by atoms with van der Waals surface area (Å²) >= 11 is 0. The lowest BCUT2D eigenvalue weighted by Gasteiger charge is -2.00. The number of ether oxygens (including phenoxy) is 1. The summed E-state index contributed by atoms with van der Waals surface area (Å²) < 4.78 is 43.8. The molecule has 2 aromatic rings. The SMILES string of the molecule is COc1ccc(/C=C\c2cc(F)c(F)c(F)c2)cc1. The molecule has 98 valence electrons. The van der Waals surface area contributed by atoms with E-state index < -0.39 is 17.5 Å². The summed E-state index contributed by atoms with van der Waals surface area (Å²) in [4.78, 5) is 0. The molecule has 0 amide bonds. The van der Waals surface area contributed by atoms with Gasteiger partial charge in [-0.1, -0.05) is 24.3 Å². The molecule has 0 atom stereocenters. The fourth-order valence-corrected chi connectivity index (χ4v) is 1.58. The Morgan fingerprint density at radius 1 is 0.842 bits per heavy atom. The number of methoxy groups -OCH3 is 1. The zero-order valence-corrected chi connectivity index (χ0v) is 10.2. The molecule has 0 radical (unpaired) electrons. The molecule has 2 rings (SSSR count). The van der Waals surface area contributed by atoms with Gasteiger partial charge in [-0.3, -0.25) is 0 Å². The maximum atomic E-state index is 13.0. The average molecular weight is 264 g/mol. The normalized spacial score (nSPS) is 10.9. The highest BCUT2D eigenvalue weighted by molar-refractivity contribution is 5.69. The first-order chi connectivity index (χ1) is 9.10. The molecular weight excluding hydrogens is 253 g/mol. The third-order valence-electron chi connectivity index (χ3n) is 2.59. The van der Waals surface area contributed by atoms with E-state index in [1.165, 1.54) is 6.08 Å². The summed E-state index contributed by atoms with van der Waals surface area (Å²) in [7, 11) is 1.56. The van der Waals surface area contributed by atoms with Gasteiger partial charge in [-0.05, 0) is 35.4 Å². The van der Waals surface area contributed by atoms with Crippen LogP contribution in [0.1, 0.15) is 11.1 Å². The van der Waals surface area contributed by atoms with Crippen LogP contribution in [-0.2, 0) is 0 Å². The molecule has 4 heteroatoms. The summed E-state index contributed by atoms with van der Waals surface area (Å²) in [6, 6.07) is 9.02. The van der Waals surface area contributed by atoms with E-state index in [1.807, 2.05) is 0 Å². The molecule has 0 spiro atoms. The Labute approximate surface area is 109 Å². The molecule has 0 aliphatic heterocycles. The molecule has 0 unspecified atom stereocenters. The molecule has 0 saturated carbocycles. The van der Waals surface area contributed by atoms with E-state index in [4.69, 9.17) is 4.74 Å². The number of halogens is 3. The smallest absolute Gasteiger partial charge is 0.194 e. The number of hydrogen-bond donors (Lipinski definition) is 0. The van der Waals surface area contributed by atoms with Crippen molar-refractivity contribution in [3.05, 3.63) is 65.0 Å². The summed E-state index contributed by atoms with van der Waals surface area (Å²) in [6.07, 6.45) is 3.18. The monoisotopic (exact) mass is 264 g/mol. The molecule has 0 N–H and O–H groups in total. The zero-order chi connectivity index (χ0) is 13.8. The quantitative estimate of drug-likeness (QED) is 0.593. The second kappa shape index (κ2) is 5.61. The van der Waals surface area contributed by atoms with Crippen LogP contribution < -0.4 is 4.74 Å². The molecule has 0 bridgehead atoms. The lowest BCUT2D eigenvalue weighted by molar-refractivity contribution is 0.415. The summed E-state index contributed by atoms with van der Waals surface area (Å²) in [5.74, 6) is -3.14. The number of rotatable bonds is 3. The lowest BCUT2D eigenvalue weighted by atomic mass is 10.1. The van der Waals surface area contributed by atoms with E-state index >= 15 is 0 Å². The first-order valence-electron chi connectivity index (χ1n) is 5.57. The lowest BCUT2D eigenvalue weighted by Crippen LogP contribution is -1.90. The Morgan fingerprint density at radius 3 is 1.89 bits per heavy atom. The Balaban J connectivity index is 2.22. The van der Waals surface area contributed by atoms with Crippen molar-refractivity contribution >= 4 is 12.2 Å². The maximum Gasteiger partial charge on any atom is 0.194 e. The third-order valence-corrected chi connectivity index (χ3v) is 2.59. The van der Waals surface area contributed by atoms with Crippen molar-refractivity contribution in [2.75, 3.05) is 7.11 Å². The van der Waals surface area contributed by atoms with Gasteiger partial charge in [-0.15, -0.1) is 0 Å². The van der Waals surface area contributed by atoms with Crippen molar-refractivity contribution in [3.8, 4) is 5.75 Å². The van der Waals surface area contributed by atoms with Crippen LogP contribution in [0, 0.1) is 17.5 Å². The van der Waals surface area contributed by atoms with Crippen LogP contribution in [0.2, 0.25) is 0 Å². The van der Waals surface area contributed by atoms with E-state index in [0.717, 1.165) is 23.4 Å². The molecule has 0 saturated heterocycles. The predicted molar refractivity (Wildman–Crippen MR) is 68.2 cm³/mol. The standard InChI is InChI=1S/C15H11F3O/c1-19-12-6-4-10(5-7-12)2-3-11-8-13(16)15(18)14(17)9-11/h2-9H,1H3/b3-2-. The summed E-state index contributed by atoms with van der Waals surface area (Å²) in [5.41, 5.74) is 1.10. The highest BCUT2D eigenvalue weighted by atomic mass is 19.2. The van der Waals surface area contributed by atoms with Crippen LogP contribution in [0.4, 0.5) is 13.2 Å². The van der Waals surface area contributed by atoms with E-state index in [9.17, 15) is 13.2 Å². The fraction of sp³-hybridized carbons (Fsp3) is 0.0667. The Bertz CT molecular complexity index is 580. The van der Waals surface area contributed by atoms with Crippen molar-refractivity contribution in [3.63, 3.8) is 0 Å². The minimum Gasteiger partial charge on any atom is -0.497 e. The van der Waals surface area contributed by atoms with Gasteiger partial charge in [-0.2, -0.15) is 0 Å². The molecule has 0 fully saturated rings. The van der Waals surface area contributed by atoms with Crippen LogP contribution in [0.15, 0.2) is 36.4 Å². The van der Waals surface area contributed by atoms with E-state index in [2.05, 4.69) is 0 Å². The fourth-order valence-electron chi connectivity index (χ4n) is 1.58. The molecule has 0 aromatic heterocycles. The van der Waals surface area contributed by atoms with Gasteiger partial charge < -0.3 is 4.74 Å². The van der Waals surface area contributed by atoms with Crippen LogP contribution in [0.25, 0.3) is 12.2 Å². The van der Waals surface area contributed by atoms with Crippen molar-refractivity contribution in [1.82, 2.24) is 0 Å². The van der Waals surface area contributed by atoms with E-state index in [-0.39, 0.29) is 5.56 Å². The van der Waals surface area contributed by atoms with Gasteiger partial charge in [0, 0.05) is 0 Å². The van der Waals surface area contributed by atoms with Crippen molar-refractivity contribution in [1.29, 1.82) is 0 Å². The topological polar surface area (TPSA) is 9.23 Å². The largest absolute Gasteiger partial charge is 0.497 e. The summed E-state index contributed by atoms with van der Waals surface area (Å²) in [6.45, 7) is 0. The highest BCUT2D eigenvalue weighted by Gasteiger charge is 2.08. The van der Waals surface area contributed by atoms with Crippen molar-refractivity contribution < 1.29 is 17.9 Å². The first-order valence-corrected chi connectivity index (χ1v) is 5.57. The molecule has 0 aliphatic carbocycles. The Hall–Kier alpha value is -2.23. The molecular formula is C15H11F3O. The van der Waals surface area contributed by atoms with E-state index in [0.29, 0.717) is 0 Å². The average Bonchev–Trinajstić information content (AvgIpc) is 2.43. The molecule has 2 aromatic carbocycles. The Kier molecular flexibility index (Phi) is 3.90. The third kappa shape index (κ3) is 3.16. The second-order valence-corrected chi connectivity index (χ2v) is 3.91. The maximum absolute atomic E-state index is 13.0. The number of benzene rings is 2. The van der Waals surface area contributed by atoms with Gasteiger partial charge in [0.25, 0.3) is 0 Å². The van der Waals surface area contributed by atoms with Crippen LogP contribution in [-0.4, -0.2) is 7.11 Å². The van der Waals surface area contributed by atoms with Gasteiger partial charge >= 0.3 is 0 Å². The van der Waals surface area contributed by atoms with Gasteiger partial charge in [0.2, 0.25) is 0 Å². The van der Waals surface area contributed by atoms with Crippen LogP contribution in [0.5, 0.6) is 5.75 Å². The molecule has 0 aliphatic rings. The van der Waals surface area contributed by atoms with Crippen molar-refractivity contribution in [2.45, 2.75) is 0 Å². The van der Waals surface area contributed by atoms with Crippen LogP contribution >= 0.6 is 0 Å². The van der Waals surface area contributed by atoms with Crippen LogP contribution in [0.3, 0.4) is 0 Å². The second-order valence-electron chi connectivity index (χ2n) is 3.91.